The maximum atomic E-state index is 13.5. The second-order valence-corrected chi connectivity index (χ2v) is 3.93. The summed E-state index contributed by atoms with van der Waals surface area (Å²) < 4.78 is 27.0. The monoisotopic (exact) mass is 285 g/mol. The van der Waals surface area contributed by atoms with Crippen molar-refractivity contribution in [2.24, 2.45) is 0 Å². The minimum atomic E-state index is -1.26. The predicted octanol–water partition coefficient (Wildman–Crippen LogP) is -0.995. The van der Waals surface area contributed by atoms with Gasteiger partial charge < -0.3 is 15.2 Å². The van der Waals surface area contributed by atoms with E-state index in [0.717, 1.165) is 12.1 Å². The number of rotatable bonds is 4. The molecule has 0 fully saturated rings. The maximum Gasteiger partial charge on any atom is 1.00 e. The summed E-state index contributed by atoms with van der Waals surface area (Å²) >= 11 is 0. The number of hydrogen-bond acceptors (Lipinski definition) is 3. The molecule has 0 unspecified atom stereocenters. The standard InChI is InChI=1S/C14H11F2NO2.Na/c15-10-5-3-6-11(16)14(10)17-12-7-2-1-4-9(12)8-13(18)19;/h1-7,17H,8H2,(H,18,19);/q;+1/p-1. The van der Waals surface area contributed by atoms with Gasteiger partial charge in [0.2, 0.25) is 0 Å². The fraction of sp³-hybridized carbons (Fsp3) is 0.0714. The van der Waals surface area contributed by atoms with Gasteiger partial charge in [-0.25, -0.2) is 8.78 Å². The van der Waals surface area contributed by atoms with Crippen LogP contribution in [-0.2, 0) is 11.2 Å². The molecule has 0 aliphatic heterocycles. The minimum absolute atomic E-state index is 0. The summed E-state index contributed by atoms with van der Waals surface area (Å²) in [6.07, 6.45) is -0.334. The molecule has 0 aliphatic rings. The molecule has 0 saturated carbocycles. The van der Waals surface area contributed by atoms with Gasteiger partial charge in [-0.2, -0.15) is 0 Å². The number of aliphatic carboxylic acids is 1. The van der Waals surface area contributed by atoms with Gasteiger partial charge in [-0.05, 0) is 23.8 Å². The van der Waals surface area contributed by atoms with E-state index in [0.29, 0.717) is 11.3 Å². The molecule has 0 radical (unpaired) electrons. The van der Waals surface area contributed by atoms with Gasteiger partial charge in [0, 0.05) is 18.1 Å². The Hall–Kier alpha value is -1.43. The molecule has 0 amide bonds. The minimum Gasteiger partial charge on any atom is -0.550 e. The van der Waals surface area contributed by atoms with Crippen molar-refractivity contribution in [1.82, 2.24) is 0 Å². The number of hydrogen-bond donors (Lipinski definition) is 1. The van der Waals surface area contributed by atoms with Gasteiger partial charge in [0.1, 0.15) is 17.3 Å². The van der Waals surface area contributed by atoms with E-state index in [-0.39, 0.29) is 41.7 Å². The molecular formula is C14H10F2NNaO2. The van der Waals surface area contributed by atoms with Gasteiger partial charge >= 0.3 is 29.6 Å². The van der Waals surface area contributed by atoms with Crippen LogP contribution in [0.1, 0.15) is 5.56 Å². The van der Waals surface area contributed by atoms with Crippen molar-refractivity contribution in [2.75, 3.05) is 5.32 Å². The van der Waals surface area contributed by atoms with Crippen LogP contribution in [-0.4, -0.2) is 5.97 Å². The zero-order valence-corrected chi connectivity index (χ0v) is 12.8. The van der Waals surface area contributed by atoms with Gasteiger partial charge in [-0.3, -0.25) is 0 Å². The normalized spacial score (nSPS) is 9.70. The third-order valence-corrected chi connectivity index (χ3v) is 2.57. The van der Waals surface area contributed by atoms with Gasteiger partial charge in [-0.15, -0.1) is 0 Å². The number of nitrogens with one attached hydrogen (secondary N) is 1. The molecule has 3 nitrogen and oxygen atoms in total. The zero-order valence-electron chi connectivity index (χ0n) is 10.8. The molecule has 0 saturated heterocycles. The van der Waals surface area contributed by atoms with Crippen LogP contribution in [0.3, 0.4) is 0 Å². The number of anilines is 2. The molecule has 0 atom stereocenters. The maximum absolute atomic E-state index is 13.5. The van der Waals surface area contributed by atoms with Crippen LogP contribution in [0.5, 0.6) is 0 Å². The van der Waals surface area contributed by atoms with Crippen molar-refractivity contribution in [3.63, 3.8) is 0 Å². The Bertz CT molecular complexity index is 600. The first-order chi connectivity index (χ1) is 9.08. The molecule has 2 aromatic carbocycles. The Kier molecular flexibility index (Phi) is 6.13. The summed E-state index contributed by atoms with van der Waals surface area (Å²) in [5.74, 6) is -2.75. The molecule has 0 heterocycles. The first-order valence-corrected chi connectivity index (χ1v) is 5.56. The number of para-hydroxylation sites is 2. The van der Waals surface area contributed by atoms with E-state index in [1.807, 2.05) is 0 Å². The molecule has 0 aromatic heterocycles. The Balaban J connectivity index is 0.00000200. The molecule has 20 heavy (non-hydrogen) atoms. The molecule has 0 aliphatic carbocycles. The quantitative estimate of drug-likeness (QED) is 0.734. The van der Waals surface area contributed by atoms with Crippen LogP contribution < -0.4 is 40.0 Å². The number of carbonyl (C=O) groups excluding carboxylic acids is 1. The number of halogens is 2. The van der Waals surface area contributed by atoms with Crippen molar-refractivity contribution in [2.45, 2.75) is 6.42 Å². The van der Waals surface area contributed by atoms with Crippen LogP contribution in [0, 0.1) is 11.6 Å². The van der Waals surface area contributed by atoms with Crippen molar-refractivity contribution in [1.29, 1.82) is 0 Å². The fourth-order valence-corrected chi connectivity index (χ4v) is 1.70. The third-order valence-electron chi connectivity index (χ3n) is 2.57. The van der Waals surface area contributed by atoms with Crippen molar-refractivity contribution >= 4 is 17.3 Å². The average molecular weight is 285 g/mol. The number of carboxylic acids is 1. The van der Waals surface area contributed by atoms with E-state index < -0.39 is 17.6 Å². The summed E-state index contributed by atoms with van der Waals surface area (Å²) in [5.41, 5.74) is 0.411. The fourth-order valence-electron chi connectivity index (χ4n) is 1.70. The molecule has 1 N–H and O–H groups in total. The Morgan fingerprint density at radius 1 is 1.05 bits per heavy atom. The van der Waals surface area contributed by atoms with E-state index in [1.165, 1.54) is 6.07 Å². The zero-order chi connectivity index (χ0) is 13.8. The molecule has 0 spiro atoms. The Morgan fingerprint density at radius 3 is 2.25 bits per heavy atom. The van der Waals surface area contributed by atoms with E-state index in [2.05, 4.69) is 5.32 Å². The van der Waals surface area contributed by atoms with E-state index >= 15 is 0 Å². The molecule has 2 rings (SSSR count). The van der Waals surface area contributed by atoms with Crippen LogP contribution in [0.15, 0.2) is 42.5 Å². The molecule has 2 aromatic rings. The molecule has 6 heteroatoms. The van der Waals surface area contributed by atoms with E-state index in [9.17, 15) is 18.7 Å². The number of carbonyl (C=O) groups is 1. The largest absolute Gasteiger partial charge is 1.00 e. The molecular weight excluding hydrogens is 275 g/mol. The first kappa shape index (κ1) is 16.6. The number of benzene rings is 2. The van der Waals surface area contributed by atoms with E-state index in [1.54, 1.807) is 24.3 Å². The SMILES string of the molecule is O=C([O-])Cc1ccccc1Nc1c(F)cccc1F.[Na+]. The summed E-state index contributed by atoms with van der Waals surface area (Å²) in [5, 5.41) is 13.2. The topological polar surface area (TPSA) is 52.2 Å². The molecule has 98 valence electrons. The van der Waals surface area contributed by atoms with Gasteiger partial charge in [0.15, 0.2) is 0 Å². The summed E-state index contributed by atoms with van der Waals surface area (Å²) in [6.45, 7) is 0. The van der Waals surface area contributed by atoms with Crippen LogP contribution in [0.25, 0.3) is 0 Å². The van der Waals surface area contributed by atoms with Crippen LogP contribution in [0.2, 0.25) is 0 Å². The van der Waals surface area contributed by atoms with Crippen LogP contribution in [0.4, 0.5) is 20.2 Å². The van der Waals surface area contributed by atoms with Crippen molar-refractivity contribution in [3.05, 3.63) is 59.7 Å². The van der Waals surface area contributed by atoms with Crippen LogP contribution >= 0.6 is 0 Å². The third kappa shape index (κ3) is 4.03. The average Bonchev–Trinajstić information content (AvgIpc) is 2.35. The Labute approximate surface area is 136 Å². The smallest absolute Gasteiger partial charge is 0.550 e. The predicted molar refractivity (Wildman–Crippen MR) is 64.8 cm³/mol. The van der Waals surface area contributed by atoms with Gasteiger partial charge in [0.25, 0.3) is 0 Å². The summed E-state index contributed by atoms with van der Waals surface area (Å²) in [6, 6.07) is 9.87. The van der Waals surface area contributed by atoms with Crippen molar-refractivity contribution in [3.8, 4) is 0 Å². The van der Waals surface area contributed by atoms with Gasteiger partial charge in [-0.1, -0.05) is 24.3 Å². The second-order valence-electron chi connectivity index (χ2n) is 3.93. The second kappa shape index (κ2) is 7.38. The first-order valence-electron chi connectivity index (χ1n) is 5.56. The van der Waals surface area contributed by atoms with Gasteiger partial charge in [0.05, 0.1) is 0 Å². The molecule has 0 bridgehead atoms. The Morgan fingerprint density at radius 2 is 1.65 bits per heavy atom. The van der Waals surface area contributed by atoms with E-state index in [4.69, 9.17) is 0 Å². The number of carboxylic acid groups (broad SMARTS) is 1. The summed E-state index contributed by atoms with van der Waals surface area (Å²) in [4.78, 5) is 10.6. The van der Waals surface area contributed by atoms with Crippen molar-refractivity contribution < 1.29 is 48.2 Å². The summed E-state index contributed by atoms with van der Waals surface area (Å²) in [7, 11) is 0.